The summed E-state index contributed by atoms with van der Waals surface area (Å²) in [5.41, 5.74) is 0.824. The van der Waals surface area contributed by atoms with Gasteiger partial charge in [0, 0.05) is 30.4 Å². The van der Waals surface area contributed by atoms with Gasteiger partial charge in [0.15, 0.2) is 0 Å². The first kappa shape index (κ1) is 16.9. The molecule has 5 nitrogen and oxygen atoms in total. The molecule has 0 aliphatic rings. The predicted octanol–water partition coefficient (Wildman–Crippen LogP) is 2.24. The minimum Gasteiger partial charge on any atom is -0.478 e. The van der Waals surface area contributed by atoms with Crippen molar-refractivity contribution in [2.24, 2.45) is 0 Å². The van der Waals surface area contributed by atoms with Crippen LogP contribution in [0.25, 0.3) is 11.1 Å². The molecule has 2 aromatic rings. The Balaban J connectivity index is 2.35. The average Bonchev–Trinajstić information content (AvgIpc) is 2.56. The van der Waals surface area contributed by atoms with Crippen LogP contribution in [0.5, 0.6) is 5.88 Å². The van der Waals surface area contributed by atoms with Gasteiger partial charge in [0.2, 0.25) is 5.88 Å². The fourth-order valence-corrected chi connectivity index (χ4v) is 2.16. The Morgan fingerprint density at radius 1 is 1.22 bits per heavy atom. The Kier molecular flexibility index (Phi) is 6.05. The zero-order valence-electron chi connectivity index (χ0n) is 13.2. The van der Waals surface area contributed by atoms with E-state index in [9.17, 15) is 9.18 Å². The molecule has 23 heavy (non-hydrogen) atoms. The number of likely N-dealkylation sites (N-methyl/N-ethyl adjacent to an activating group) is 1. The van der Waals surface area contributed by atoms with Gasteiger partial charge in [-0.05, 0) is 32.2 Å². The van der Waals surface area contributed by atoms with Crippen LogP contribution in [-0.2, 0) is 0 Å². The van der Waals surface area contributed by atoms with E-state index in [1.165, 1.54) is 6.07 Å². The van der Waals surface area contributed by atoms with E-state index in [1.54, 1.807) is 37.5 Å². The Hall–Kier alpha value is -2.47. The standard InChI is InChI=1S/C17H20FN3O2/c1-3-23-17-13(8-5-9-21-17)12-6-4-7-14(15(12)18)16(22)20-11-10-19-2/h4-9,19H,3,10-11H2,1-2H3,(H,20,22). The molecule has 122 valence electrons. The zero-order chi connectivity index (χ0) is 16.7. The molecule has 1 aromatic carbocycles. The van der Waals surface area contributed by atoms with Crippen molar-refractivity contribution in [3.8, 4) is 17.0 Å². The number of aromatic nitrogens is 1. The summed E-state index contributed by atoms with van der Waals surface area (Å²) < 4.78 is 20.2. The van der Waals surface area contributed by atoms with E-state index in [-0.39, 0.29) is 5.56 Å². The molecule has 0 bridgehead atoms. The number of halogens is 1. The molecule has 0 spiro atoms. The molecule has 0 saturated heterocycles. The lowest BCUT2D eigenvalue weighted by atomic mass is 10.0. The number of pyridine rings is 1. The van der Waals surface area contributed by atoms with Crippen molar-refractivity contribution < 1.29 is 13.9 Å². The molecule has 0 fully saturated rings. The number of carbonyl (C=O) groups excluding carboxylic acids is 1. The molecular weight excluding hydrogens is 297 g/mol. The SMILES string of the molecule is CCOc1ncccc1-c1cccc(C(=O)NCCNC)c1F. The van der Waals surface area contributed by atoms with Gasteiger partial charge in [0.05, 0.1) is 12.2 Å². The van der Waals surface area contributed by atoms with Gasteiger partial charge in [-0.3, -0.25) is 4.79 Å². The van der Waals surface area contributed by atoms with Gasteiger partial charge in [0.1, 0.15) is 5.82 Å². The summed E-state index contributed by atoms with van der Waals surface area (Å²) in [4.78, 5) is 16.2. The number of nitrogens with one attached hydrogen (secondary N) is 2. The van der Waals surface area contributed by atoms with E-state index in [0.717, 1.165) is 0 Å². The largest absolute Gasteiger partial charge is 0.478 e. The lowest BCUT2D eigenvalue weighted by molar-refractivity contribution is 0.0950. The number of ether oxygens (including phenoxy) is 1. The highest BCUT2D eigenvalue weighted by Gasteiger charge is 2.18. The van der Waals surface area contributed by atoms with Crippen LogP contribution in [0.1, 0.15) is 17.3 Å². The first-order valence-electron chi connectivity index (χ1n) is 7.48. The fraction of sp³-hybridized carbons (Fsp3) is 0.294. The quantitative estimate of drug-likeness (QED) is 0.769. The molecule has 1 heterocycles. The van der Waals surface area contributed by atoms with E-state index < -0.39 is 11.7 Å². The summed E-state index contributed by atoms with van der Waals surface area (Å²) in [5.74, 6) is -0.675. The second-order valence-electron chi connectivity index (χ2n) is 4.82. The van der Waals surface area contributed by atoms with Crippen LogP contribution in [-0.4, -0.2) is 37.6 Å². The molecule has 0 saturated carbocycles. The number of rotatable bonds is 7. The third kappa shape index (κ3) is 4.04. The predicted molar refractivity (Wildman–Crippen MR) is 87.1 cm³/mol. The van der Waals surface area contributed by atoms with Crippen LogP contribution in [0.2, 0.25) is 0 Å². The van der Waals surface area contributed by atoms with Crippen molar-refractivity contribution in [2.75, 3.05) is 26.7 Å². The van der Waals surface area contributed by atoms with Crippen LogP contribution < -0.4 is 15.4 Å². The summed E-state index contributed by atoms with van der Waals surface area (Å²) >= 11 is 0. The average molecular weight is 317 g/mol. The van der Waals surface area contributed by atoms with Crippen molar-refractivity contribution in [2.45, 2.75) is 6.92 Å². The summed E-state index contributed by atoms with van der Waals surface area (Å²) in [5, 5.41) is 5.59. The Labute approximate surface area is 134 Å². The summed E-state index contributed by atoms with van der Waals surface area (Å²) in [6.07, 6.45) is 1.58. The number of carbonyl (C=O) groups is 1. The molecule has 1 aromatic heterocycles. The molecule has 0 aliphatic carbocycles. The first-order valence-corrected chi connectivity index (χ1v) is 7.48. The van der Waals surface area contributed by atoms with Crippen molar-refractivity contribution in [1.82, 2.24) is 15.6 Å². The highest BCUT2D eigenvalue weighted by atomic mass is 19.1. The topological polar surface area (TPSA) is 63.2 Å². The lowest BCUT2D eigenvalue weighted by Crippen LogP contribution is -2.31. The Morgan fingerprint density at radius 3 is 2.74 bits per heavy atom. The zero-order valence-corrected chi connectivity index (χ0v) is 13.2. The molecule has 0 radical (unpaired) electrons. The summed E-state index contributed by atoms with van der Waals surface area (Å²) in [6, 6.07) is 8.15. The van der Waals surface area contributed by atoms with E-state index in [0.29, 0.717) is 36.7 Å². The maximum atomic E-state index is 14.8. The van der Waals surface area contributed by atoms with Gasteiger partial charge in [0.25, 0.3) is 5.91 Å². The summed E-state index contributed by atoms with van der Waals surface area (Å²) in [7, 11) is 1.78. The number of amides is 1. The van der Waals surface area contributed by atoms with Crippen LogP contribution in [0, 0.1) is 5.82 Å². The van der Waals surface area contributed by atoms with Crippen LogP contribution in [0.15, 0.2) is 36.5 Å². The number of nitrogens with zero attached hydrogens (tertiary/aromatic N) is 1. The molecule has 2 rings (SSSR count). The highest BCUT2D eigenvalue weighted by Crippen LogP contribution is 2.31. The smallest absolute Gasteiger partial charge is 0.254 e. The van der Waals surface area contributed by atoms with E-state index in [1.807, 2.05) is 6.92 Å². The van der Waals surface area contributed by atoms with Crippen LogP contribution in [0.4, 0.5) is 4.39 Å². The van der Waals surface area contributed by atoms with E-state index in [2.05, 4.69) is 15.6 Å². The van der Waals surface area contributed by atoms with Crippen molar-refractivity contribution >= 4 is 5.91 Å². The minimum absolute atomic E-state index is 0.00454. The Morgan fingerprint density at radius 2 is 2.00 bits per heavy atom. The lowest BCUT2D eigenvalue weighted by Gasteiger charge is -2.12. The molecule has 0 atom stereocenters. The van der Waals surface area contributed by atoms with E-state index in [4.69, 9.17) is 4.74 Å². The third-order valence-corrected chi connectivity index (χ3v) is 3.25. The molecular formula is C17H20FN3O2. The maximum Gasteiger partial charge on any atom is 0.254 e. The third-order valence-electron chi connectivity index (χ3n) is 3.25. The first-order chi connectivity index (χ1) is 11.2. The molecule has 0 unspecified atom stereocenters. The Bertz CT molecular complexity index is 677. The van der Waals surface area contributed by atoms with Crippen molar-refractivity contribution in [3.05, 3.63) is 47.9 Å². The molecule has 2 N–H and O–H groups in total. The molecule has 0 aliphatic heterocycles. The van der Waals surface area contributed by atoms with Gasteiger partial charge >= 0.3 is 0 Å². The van der Waals surface area contributed by atoms with Gasteiger partial charge in [-0.15, -0.1) is 0 Å². The number of benzene rings is 1. The van der Waals surface area contributed by atoms with Gasteiger partial charge in [-0.25, -0.2) is 9.37 Å². The minimum atomic E-state index is -0.580. The molecule has 1 amide bonds. The highest BCUT2D eigenvalue weighted by molar-refractivity contribution is 5.96. The van der Waals surface area contributed by atoms with Gasteiger partial charge < -0.3 is 15.4 Å². The number of hydrogen-bond acceptors (Lipinski definition) is 4. The second kappa shape index (κ2) is 8.24. The van der Waals surface area contributed by atoms with Crippen LogP contribution >= 0.6 is 0 Å². The summed E-state index contributed by atoms with van der Waals surface area (Å²) in [6.45, 7) is 3.30. The second-order valence-corrected chi connectivity index (χ2v) is 4.82. The fourth-order valence-electron chi connectivity index (χ4n) is 2.16. The maximum absolute atomic E-state index is 14.8. The normalized spacial score (nSPS) is 10.4. The van der Waals surface area contributed by atoms with Gasteiger partial charge in [-0.1, -0.05) is 12.1 Å². The van der Waals surface area contributed by atoms with Crippen molar-refractivity contribution in [3.63, 3.8) is 0 Å². The molecule has 6 heteroatoms. The monoisotopic (exact) mass is 317 g/mol. The van der Waals surface area contributed by atoms with Crippen molar-refractivity contribution in [1.29, 1.82) is 0 Å². The number of hydrogen-bond donors (Lipinski definition) is 2. The van der Waals surface area contributed by atoms with E-state index >= 15 is 0 Å². The van der Waals surface area contributed by atoms with Crippen LogP contribution in [0.3, 0.4) is 0 Å². The van der Waals surface area contributed by atoms with Gasteiger partial charge in [-0.2, -0.15) is 0 Å².